The maximum absolute atomic E-state index is 12.9. The molecule has 0 amide bonds. The normalized spacial score (nSPS) is 10.8. The largest absolute Gasteiger partial charge is 0.312 e. The molecule has 0 spiro atoms. The van der Waals surface area contributed by atoms with Crippen molar-refractivity contribution in [3.05, 3.63) is 52.9 Å². The van der Waals surface area contributed by atoms with Crippen LogP contribution in [0.25, 0.3) is 0 Å². The van der Waals surface area contributed by atoms with Gasteiger partial charge in [0.2, 0.25) is 0 Å². The molecule has 18 heavy (non-hydrogen) atoms. The van der Waals surface area contributed by atoms with Crippen molar-refractivity contribution in [1.82, 2.24) is 15.5 Å². The molecule has 0 aliphatic rings. The zero-order valence-electron chi connectivity index (χ0n) is 10.1. The van der Waals surface area contributed by atoms with Gasteiger partial charge in [0.25, 0.3) is 0 Å². The number of benzene rings is 1. The Morgan fingerprint density at radius 1 is 1.22 bits per heavy atom. The number of aryl methyl sites for hydroxylation is 1. The fourth-order valence-corrected chi connectivity index (χ4v) is 1.76. The molecule has 0 radical (unpaired) electrons. The first-order valence-corrected chi connectivity index (χ1v) is 5.79. The van der Waals surface area contributed by atoms with Crippen molar-refractivity contribution < 1.29 is 8.78 Å². The van der Waals surface area contributed by atoms with E-state index in [4.69, 9.17) is 0 Å². The van der Waals surface area contributed by atoms with Crippen LogP contribution < -0.4 is 5.32 Å². The lowest BCUT2D eigenvalue weighted by molar-refractivity contribution is 0.577. The summed E-state index contributed by atoms with van der Waals surface area (Å²) in [6, 6.07) is 3.59. The number of aromatic nitrogens is 2. The van der Waals surface area contributed by atoms with Gasteiger partial charge in [-0.1, -0.05) is 0 Å². The van der Waals surface area contributed by atoms with E-state index in [0.29, 0.717) is 25.1 Å². The van der Waals surface area contributed by atoms with Crippen molar-refractivity contribution in [3.63, 3.8) is 0 Å². The lowest BCUT2D eigenvalue weighted by Crippen LogP contribution is -2.17. The summed E-state index contributed by atoms with van der Waals surface area (Å²) >= 11 is 0. The predicted molar refractivity (Wildman–Crippen MR) is 65.1 cm³/mol. The Hall–Kier alpha value is -1.75. The van der Waals surface area contributed by atoms with Gasteiger partial charge in [0.05, 0.1) is 6.20 Å². The van der Waals surface area contributed by atoms with Crippen molar-refractivity contribution in [3.8, 4) is 0 Å². The molecule has 0 bridgehead atoms. The maximum Gasteiger partial charge on any atom is 0.126 e. The minimum Gasteiger partial charge on any atom is -0.312 e. The first kappa shape index (κ1) is 12.7. The minimum atomic E-state index is -0.532. The molecule has 1 heterocycles. The van der Waals surface area contributed by atoms with Crippen LogP contribution in [-0.2, 0) is 13.0 Å². The molecule has 0 atom stereocenters. The summed E-state index contributed by atoms with van der Waals surface area (Å²) in [6.07, 6.45) is 2.36. The second-order valence-electron chi connectivity index (χ2n) is 4.22. The summed E-state index contributed by atoms with van der Waals surface area (Å²) < 4.78 is 25.9. The monoisotopic (exact) mass is 251 g/mol. The zero-order valence-corrected chi connectivity index (χ0v) is 10.1. The average Bonchev–Trinajstić information content (AvgIpc) is 2.69. The van der Waals surface area contributed by atoms with E-state index >= 15 is 0 Å². The molecule has 0 aliphatic carbocycles. The van der Waals surface area contributed by atoms with Gasteiger partial charge in [-0.25, -0.2) is 8.78 Å². The Bertz CT molecular complexity index is 502. The summed E-state index contributed by atoms with van der Waals surface area (Å²) in [5, 5.41) is 9.98. The molecule has 2 N–H and O–H groups in total. The Labute approximate surface area is 104 Å². The fourth-order valence-electron chi connectivity index (χ4n) is 1.76. The smallest absolute Gasteiger partial charge is 0.126 e. The van der Waals surface area contributed by atoms with Crippen LogP contribution in [0.1, 0.15) is 16.8 Å². The minimum absolute atomic E-state index is 0.532. The van der Waals surface area contributed by atoms with E-state index in [-0.39, 0.29) is 0 Å². The van der Waals surface area contributed by atoms with Crippen molar-refractivity contribution in [2.75, 3.05) is 6.54 Å². The van der Waals surface area contributed by atoms with Gasteiger partial charge in [-0.15, -0.1) is 0 Å². The van der Waals surface area contributed by atoms with Gasteiger partial charge in [-0.3, -0.25) is 5.10 Å². The maximum atomic E-state index is 12.9. The van der Waals surface area contributed by atoms with Crippen LogP contribution in [0, 0.1) is 18.6 Å². The van der Waals surface area contributed by atoms with E-state index in [9.17, 15) is 8.78 Å². The van der Waals surface area contributed by atoms with Crippen LogP contribution in [0.5, 0.6) is 0 Å². The lowest BCUT2D eigenvalue weighted by Gasteiger charge is -2.05. The van der Waals surface area contributed by atoms with Crippen LogP contribution in [0.4, 0.5) is 8.78 Å². The Morgan fingerprint density at radius 2 is 1.94 bits per heavy atom. The highest BCUT2D eigenvalue weighted by atomic mass is 19.1. The number of hydrogen-bond acceptors (Lipinski definition) is 2. The highest BCUT2D eigenvalue weighted by molar-refractivity contribution is 5.18. The van der Waals surface area contributed by atoms with Crippen LogP contribution in [0.2, 0.25) is 0 Å². The topological polar surface area (TPSA) is 40.7 Å². The van der Waals surface area contributed by atoms with Crippen LogP contribution in [-0.4, -0.2) is 16.7 Å². The van der Waals surface area contributed by atoms with Gasteiger partial charge in [-0.05, 0) is 37.6 Å². The fraction of sp³-hybridized carbons (Fsp3) is 0.308. The predicted octanol–water partition coefficient (Wildman–Crippen LogP) is 2.33. The molecule has 0 aliphatic heterocycles. The average molecular weight is 251 g/mol. The Balaban J connectivity index is 1.80. The highest BCUT2D eigenvalue weighted by Crippen LogP contribution is 2.08. The number of nitrogens with one attached hydrogen (secondary N) is 2. The van der Waals surface area contributed by atoms with Gasteiger partial charge >= 0.3 is 0 Å². The number of nitrogens with zero attached hydrogens (tertiary/aromatic N) is 1. The van der Waals surface area contributed by atoms with E-state index in [1.54, 1.807) is 6.20 Å². The van der Waals surface area contributed by atoms with Crippen LogP contribution >= 0.6 is 0 Å². The van der Waals surface area contributed by atoms with Gasteiger partial charge < -0.3 is 5.32 Å². The van der Waals surface area contributed by atoms with Crippen molar-refractivity contribution in [1.29, 1.82) is 0 Å². The van der Waals surface area contributed by atoms with E-state index in [0.717, 1.165) is 17.3 Å². The molecule has 96 valence electrons. The molecule has 2 aromatic rings. The summed E-state index contributed by atoms with van der Waals surface area (Å²) in [6.45, 7) is 3.31. The third-order valence-electron chi connectivity index (χ3n) is 2.76. The quantitative estimate of drug-likeness (QED) is 0.801. The first-order valence-electron chi connectivity index (χ1n) is 5.79. The number of rotatable bonds is 5. The molecule has 0 fully saturated rings. The molecular weight excluding hydrogens is 236 g/mol. The molecule has 0 saturated heterocycles. The van der Waals surface area contributed by atoms with Gasteiger partial charge in [-0.2, -0.15) is 5.10 Å². The number of H-pyrrole nitrogens is 1. The SMILES string of the molecule is Cc1[nH]ncc1CNCCc1cc(F)cc(F)c1. The molecule has 1 aromatic carbocycles. The van der Waals surface area contributed by atoms with Gasteiger partial charge in [0, 0.05) is 23.9 Å². The molecule has 0 saturated carbocycles. The summed E-state index contributed by atoms with van der Waals surface area (Å²) in [5.74, 6) is -1.06. The standard InChI is InChI=1S/C13H15F2N3/c1-9-11(8-17-18-9)7-16-3-2-10-4-12(14)6-13(15)5-10/h4-6,8,16H,2-3,7H2,1H3,(H,17,18). The highest BCUT2D eigenvalue weighted by Gasteiger charge is 2.02. The molecule has 5 heteroatoms. The number of halogens is 2. The van der Waals surface area contributed by atoms with E-state index in [1.807, 2.05) is 6.92 Å². The third-order valence-corrected chi connectivity index (χ3v) is 2.76. The summed E-state index contributed by atoms with van der Waals surface area (Å²) in [4.78, 5) is 0. The molecule has 0 unspecified atom stereocenters. The first-order chi connectivity index (χ1) is 8.65. The molecule has 3 nitrogen and oxygen atoms in total. The van der Waals surface area contributed by atoms with Crippen molar-refractivity contribution in [2.45, 2.75) is 19.9 Å². The second kappa shape index (κ2) is 5.73. The molecular formula is C13H15F2N3. The van der Waals surface area contributed by atoms with E-state index in [2.05, 4.69) is 15.5 Å². The van der Waals surface area contributed by atoms with E-state index in [1.165, 1.54) is 12.1 Å². The van der Waals surface area contributed by atoms with Gasteiger partial charge in [0.1, 0.15) is 11.6 Å². The Kier molecular flexibility index (Phi) is 4.04. The number of hydrogen-bond donors (Lipinski definition) is 2. The molecule has 2 rings (SSSR count). The zero-order chi connectivity index (χ0) is 13.0. The van der Waals surface area contributed by atoms with Crippen LogP contribution in [0.3, 0.4) is 0 Å². The third kappa shape index (κ3) is 3.37. The van der Waals surface area contributed by atoms with Crippen molar-refractivity contribution >= 4 is 0 Å². The van der Waals surface area contributed by atoms with Crippen LogP contribution in [0.15, 0.2) is 24.4 Å². The second-order valence-corrected chi connectivity index (χ2v) is 4.22. The summed E-state index contributed by atoms with van der Waals surface area (Å²) in [7, 11) is 0. The molecule has 1 aromatic heterocycles. The van der Waals surface area contributed by atoms with Crippen molar-refractivity contribution in [2.24, 2.45) is 0 Å². The lowest BCUT2D eigenvalue weighted by atomic mass is 10.1. The van der Waals surface area contributed by atoms with E-state index < -0.39 is 11.6 Å². The summed E-state index contributed by atoms with van der Waals surface area (Å²) in [5.41, 5.74) is 2.78. The number of aromatic amines is 1. The van der Waals surface area contributed by atoms with Gasteiger partial charge in [0.15, 0.2) is 0 Å². The Morgan fingerprint density at radius 3 is 2.56 bits per heavy atom.